The molecule has 0 radical (unpaired) electrons. The van der Waals surface area contributed by atoms with Gasteiger partial charge in [-0.3, -0.25) is 0 Å². The molecule has 6 heteroatoms. The highest BCUT2D eigenvalue weighted by Gasteiger charge is 2.13. The van der Waals surface area contributed by atoms with E-state index in [0.717, 1.165) is 27.1 Å². The number of nitrogens with zero attached hydrogens (tertiary/aromatic N) is 4. The number of para-hydroxylation sites is 1. The van der Waals surface area contributed by atoms with Crippen molar-refractivity contribution < 1.29 is 4.74 Å². The molecule has 0 aliphatic heterocycles. The smallest absolute Gasteiger partial charge is 0.234 e. The average molecular weight is 300 g/mol. The van der Waals surface area contributed by atoms with Crippen LogP contribution in [0.25, 0.3) is 17.1 Å². The van der Waals surface area contributed by atoms with Gasteiger partial charge < -0.3 is 4.74 Å². The summed E-state index contributed by atoms with van der Waals surface area (Å²) in [5.74, 6) is 2.03. The molecule has 3 rings (SSSR count). The van der Waals surface area contributed by atoms with Crippen LogP contribution in [-0.4, -0.2) is 26.9 Å². The van der Waals surface area contributed by atoms with Gasteiger partial charge in [-0.25, -0.2) is 0 Å². The van der Waals surface area contributed by atoms with Gasteiger partial charge in [0.05, 0.1) is 7.11 Å². The topological polar surface area (TPSA) is 52.3 Å². The summed E-state index contributed by atoms with van der Waals surface area (Å²) in [4.78, 5) is 0.818. The normalized spacial score (nSPS) is 11.8. The lowest BCUT2D eigenvalue weighted by Gasteiger charge is -2.02. The zero-order chi connectivity index (χ0) is 14.8. The molecule has 0 bridgehead atoms. The van der Waals surface area contributed by atoms with Gasteiger partial charge in [0.2, 0.25) is 4.96 Å². The van der Waals surface area contributed by atoms with Crippen LogP contribution in [0.4, 0.5) is 0 Å². The lowest BCUT2D eigenvalue weighted by molar-refractivity contribution is 0.414. The van der Waals surface area contributed by atoms with Crippen molar-refractivity contribution in [2.45, 2.75) is 19.8 Å². The average Bonchev–Trinajstić information content (AvgIpc) is 3.04. The monoisotopic (exact) mass is 300 g/mol. The van der Waals surface area contributed by atoms with Crippen molar-refractivity contribution in [2.24, 2.45) is 0 Å². The first-order chi connectivity index (χ1) is 10.2. The fourth-order valence-corrected chi connectivity index (χ4v) is 2.79. The van der Waals surface area contributed by atoms with E-state index in [-0.39, 0.29) is 0 Å². The van der Waals surface area contributed by atoms with Crippen LogP contribution in [0.2, 0.25) is 0 Å². The number of benzene rings is 1. The summed E-state index contributed by atoms with van der Waals surface area (Å²) < 4.78 is 7.15. The van der Waals surface area contributed by atoms with Gasteiger partial charge in [0.15, 0.2) is 5.82 Å². The van der Waals surface area contributed by atoms with E-state index < -0.39 is 0 Å². The quantitative estimate of drug-likeness (QED) is 0.740. The highest BCUT2D eigenvalue weighted by Crippen LogP contribution is 2.23. The van der Waals surface area contributed by atoms with E-state index in [1.54, 1.807) is 7.11 Å². The maximum absolute atomic E-state index is 5.33. The van der Waals surface area contributed by atoms with E-state index in [1.807, 2.05) is 40.9 Å². The SMILES string of the molecule is COc1ccccc1C=Cc1nn2c(C(C)C)nnc2s1. The van der Waals surface area contributed by atoms with Gasteiger partial charge in [-0.1, -0.05) is 43.4 Å². The number of ether oxygens (including phenoxy) is 1. The fourth-order valence-electron chi connectivity index (χ4n) is 2.04. The Kier molecular flexibility index (Phi) is 3.70. The van der Waals surface area contributed by atoms with Crippen molar-refractivity contribution in [1.29, 1.82) is 0 Å². The van der Waals surface area contributed by atoms with E-state index in [9.17, 15) is 0 Å². The molecule has 0 aliphatic carbocycles. The van der Waals surface area contributed by atoms with Crippen molar-refractivity contribution in [3.05, 3.63) is 40.7 Å². The minimum absolute atomic E-state index is 0.299. The Morgan fingerprint density at radius 1 is 1.19 bits per heavy atom. The summed E-state index contributed by atoms with van der Waals surface area (Å²) in [7, 11) is 1.67. The maximum Gasteiger partial charge on any atom is 0.234 e. The van der Waals surface area contributed by atoms with Crippen LogP contribution in [-0.2, 0) is 0 Å². The summed E-state index contributed by atoms with van der Waals surface area (Å²) in [6, 6.07) is 7.89. The summed E-state index contributed by atoms with van der Waals surface area (Å²) in [6.07, 6.45) is 3.97. The van der Waals surface area contributed by atoms with Crippen LogP contribution in [0.5, 0.6) is 5.75 Å². The molecule has 108 valence electrons. The zero-order valence-electron chi connectivity index (χ0n) is 12.1. The molecule has 5 nitrogen and oxygen atoms in total. The highest BCUT2D eigenvalue weighted by molar-refractivity contribution is 7.17. The second kappa shape index (κ2) is 5.65. The molecule has 0 unspecified atom stereocenters. The third-order valence-electron chi connectivity index (χ3n) is 3.09. The predicted octanol–water partition coefficient (Wildman–Crippen LogP) is 3.49. The molecule has 0 atom stereocenters. The Balaban J connectivity index is 1.92. The molecule has 0 amide bonds. The summed E-state index contributed by atoms with van der Waals surface area (Å²) in [6.45, 7) is 4.17. The molecule has 3 aromatic rings. The van der Waals surface area contributed by atoms with Gasteiger partial charge in [-0.2, -0.15) is 9.61 Å². The molecule has 21 heavy (non-hydrogen) atoms. The van der Waals surface area contributed by atoms with Crippen LogP contribution in [0.3, 0.4) is 0 Å². The molecule has 0 fully saturated rings. The molecule has 0 saturated carbocycles. The summed E-state index contributed by atoms with van der Waals surface area (Å²) in [5, 5.41) is 13.8. The number of aromatic nitrogens is 4. The Labute approximate surface area is 126 Å². The van der Waals surface area contributed by atoms with Crippen LogP contribution >= 0.6 is 11.3 Å². The predicted molar refractivity (Wildman–Crippen MR) is 84.7 cm³/mol. The van der Waals surface area contributed by atoms with Crippen molar-refractivity contribution in [3.63, 3.8) is 0 Å². The summed E-state index contributed by atoms with van der Waals surface area (Å²) >= 11 is 1.52. The van der Waals surface area contributed by atoms with Crippen LogP contribution < -0.4 is 4.74 Å². The molecule has 2 heterocycles. The highest BCUT2D eigenvalue weighted by atomic mass is 32.1. The van der Waals surface area contributed by atoms with Crippen molar-refractivity contribution in [3.8, 4) is 5.75 Å². The molecule has 2 aromatic heterocycles. The Morgan fingerprint density at radius 2 is 2.00 bits per heavy atom. The number of hydrogen-bond acceptors (Lipinski definition) is 5. The van der Waals surface area contributed by atoms with Crippen LogP contribution in [0.1, 0.15) is 36.2 Å². The second-order valence-electron chi connectivity index (χ2n) is 4.92. The minimum atomic E-state index is 0.299. The first-order valence-electron chi connectivity index (χ1n) is 6.72. The maximum atomic E-state index is 5.33. The van der Waals surface area contributed by atoms with E-state index in [0.29, 0.717) is 5.92 Å². The van der Waals surface area contributed by atoms with Gasteiger partial charge in [-0.05, 0) is 18.2 Å². The van der Waals surface area contributed by atoms with Crippen molar-refractivity contribution >= 4 is 28.4 Å². The first kappa shape index (κ1) is 13.8. The van der Waals surface area contributed by atoms with Crippen LogP contribution in [0, 0.1) is 0 Å². The first-order valence-corrected chi connectivity index (χ1v) is 7.54. The third kappa shape index (κ3) is 2.67. The van der Waals surface area contributed by atoms with Crippen molar-refractivity contribution in [1.82, 2.24) is 19.8 Å². The molecule has 1 aromatic carbocycles. The molecule has 0 saturated heterocycles. The Hall–Kier alpha value is -2.21. The molecular formula is C15H16N4OS. The van der Waals surface area contributed by atoms with E-state index in [2.05, 4.69) is 29.1 Å². The third-order valence-corrected chi connectivity index (χ3v) is 3.96. The zero-order valence-corrected chi connectivity index (χ0v) is 13.0. The summed E-state index contributed by atoms with van der Waals surface area (Å²) in [5.41, 5.74) is 1.02. The second-order valence-corrected chi connectivity index (χ2v) is 5.91. The van der Waals surface area contributed by atoms with Gasteiger partial charge in [0.25, 0.3) is 0 Å². The lowest BCUT2D eigenvalue weighted by Crippen LogP contribution is -1.97. The minimum Gasteiger partial charge on any atom is -0.496 e. The van der Waals surface area contributed by atoms with Crippen molar-refractivity contribution in [2.75, 3.05) is 7.11 Å². The molecular weight excluding hydrogens is 284 g/mol. The Bertz CT molecular complexity index is 788. The molecule has 0 aliphatic rings. The number of fused-ring (bicyclic) bond motifs is 1. The van der Waals surface area contributed by atoms with Gasteiger partial charge in [0.1, 0.15) is 10.8 Å². The largest absolute Gasteiger partial charge is 0.496 e. The van der Waals surface area contributed by atoms with E-state index >= 15 is 0 Å². The van der Waals surface area contributed by atoms with Gasteiger partial charge in [0, 0.05) is 11.5 Å². The Morgan fingerprint density at radius 3 is 2.76 bits per heavy atom. The lowest BCUT2D eigenvalue weighted by atomic mass is 10.2. The standard InChI is InChI=1S/C15H16N4OS/c1-10(2)14-16-17-15-19(14)18-13(21-15)9-8-11-6-4-5-7-12(11)20-3/h4-10H,1-3H3. The fraction of sp³-hybridized carbons (Fsp3) is 0.267. The van der Waals surface area contributed by atoms with Gasteiger partial charge in [-0.15, -0.1) is 10.2 Å². The van der Waals surface area contributed by atoms with Gasteiger partial charge >= 0.3 is 0 Å². The van der Waals surface area contributed by atoms with Crippen LogP contribution in [0.15, 0.2) is 24.3 Å². The molecule has 0 N–H and O–H groups in total. The van der Waals surface area contributed by atoms with E-state index in [1.165, 1.54) is 11.3 Å². The number of methoxy groups -OCH3 is 1. The van der Waals surface area contributed by atoms with E-state index in [4.69, 9.17) is 4.74 Å². The molecule has 0 spiro atoms. The number of rotatable bonds is 4. The number of hydrogen-bond donors (Lipinski definition) is 0.